The van der Waals surface area contributed by atoms with E-state index in [0.717, 1.165) is 5.76 Å². The predicted octanol–water partition coefficient (Wildman–Crippen LogP) is 0.943. The molecule has 7 nitrogen and oxygen atoms in total. The van der Waals surface area contributed by atoms with Crippen LogP contribution in [0.2, 0.25) is 0 Å². The summed E-state index contributed by atoms with van der Waals surface area (Å²) in [6.45, 7) is 3.49. The second kappa shape index (κ2) is 4.71. The molecule has 2 aromatic rings. The molecule has 19 heavy (non-hydrogen) atoms. The average Bonchev–Trinajstić information content (AvgIpc) is 2.85. The van der Waals surface area contributed by atoms with E-state index in [1.165, 1.54) is 10.9 Å². The van der Waals surface area contributed by atoms with Gasteiger partial charge in [-0.1, -0.05) is 0 Å². The van der Waals surface area contributed by atoms with Crippen molar-refractivity contribution in [1.82, 2.24) is 14.3 Å². The molecule has 0 saturated heterocycles. The summed E-state index contributed by atoms with van der Waals surface area (Å²) in [5.74, 6) is 1.24. The van der Waals surface area contributed by atoms with Crippen LogP contribution in [0.5, 0.6) is 0 Å². The molecule has 1 unspecified atom stereocenters. The Hall–Kier alpha value is -1.80. The van der Waals surface area contributed by atoms with Gasteiger partial charge in [-0.25, -0.2) is 13.4 Å². The van der Waals surface area contributed by atoms with Crippen LogP contribution in [-0.4, -0.2) is 18.0 Å². The Morgan fingerprint density at radius 2 is 2.16 bits per heavy atom. The van der Waals surface area contributed by atoms with Crippen molar-refractivity contribution in [3.8, 4) is 0 Å². The number of imidazole rings is 1. The maximum atomic E-state index is 12.2. The first-order chi connectivity index (χ1) is 8.81. The lowest BCUT2D eigenvalue weighted by Gasteiger charge is -2.12. The molecule has 0 aliphatic carbocycles. The van der Waals surface area contributed by atoms with E-state index in [0.29, 0.717) is 5.76 Å². The molecule has 2 rings (SSSR count). The Morgan fingerprint density at radius 3 is 2.63 bits per heavy atom. The van der Waals surface area contributed by atoms with Crippen molar-refractivity contribution in [3.05, 3.63) is 30.0 Å². The van der Waals surface area contributed by atoms with Crippen LogP contribution in [0.15, 0.2) is 27.9 Å². The van der Waals surface area contributed by atoms with Crippen LogP contribution >= 0.6 is 0 Å². The number of aryl methyl sites for hydroxylation is 2. The molecule has 0 amide bonds. The van der Waals surface area contributed by atoms with Gasteiger partial charge < -0.3 is 14.7 Å². The summed E-state index contributed by atoms with van der Waals surface area (Å²) in [7, 11) is -2.18. The van der Waals surface area contributed by atoms with Crippen LogP contribution in [0.1, 0.15) is 24.5 Å². The summed E-state index contributed by atoms with van der Waals surface area (Å²) in [6.07, 6.45) is 1.35. The van der Waals surface area contributed by atoms with Gasteiger partial charge >= 0.3 is 0 Å². The maximum Gasteiger partial charge on any atom is 0.260 e. The third-order valence-electron chi connectivity index (χ3n) is 2.68. The van der Waals surface area contributed by atoms with Gasteiger partial charge in [0.2, 0.25) is 0 Å². The van der Waals surface area contributed by atoms with Gasteiger partial charge in [0, 0.05) is 7.05 Å². The van der Waals surface area contributed by atoms with E-state index in [9.17, 15) is 8.42 Å². The number of nitrogens with two attached hydrogens (primary N) is 1. The van der Waals surface area contributed by atoms with Crippen LogP contribution in [0.4, 0.5) is 5.82 Å². The zero-order chi connectivity index (χ0) is 14.2. The SMILES string of the molecule is Cc1ccc(C(C)NS(=O)(=O)c2c(N)ncn2C)o1. The highest BCUT2D eigenvalue weighted by atomic mass is 32.2. The van der Waals surface area contributed by atoms with E-state index in [-0.39, 0.29) is 10.8 Å². The predicted molar refractivity (Wildman–Crippen MR) is 69.8 cm³/mol. The maximum absolute atomic E-state index is 12.2. The Balaban J connectivity index is 2.27. The smallest absolute Gasteiger partial charge is 0.260 e. The molecule has 0 radical (unpaired) electrons. The summed E-state index contributed by atoms with van der Waals surface area (Å²) in [5, 5.41) is -0.0531. The number of hydrogen-bond donors (Lipinski definition) is 2. The van der Waals surface area contributed by atoms with E-state index >= 15 is 0 Å². The van der Waals surface area contributed by atoms with E-state index in [2.05, 4.69) is 9.71 Å². The first-order valence-electron chi connectivity index (χ1n) is 5.66. The Kier molecular flexibility index (Phi) is 3.38. The Labute approximate surface area is 111 Å². The Morgan fingerprint density at radius 1 is 1.47 bits per heavy atom. The normalized spacial score (nSPS) is 13.6. The lowest BCUT2D eigenvalue weighted by Crippen LogP contribution is -2.28. The van der Waals surface area contributed by atoms with Crippen molar-refractivity contribution in [3.63, 3.8) is 0 Å². The minimum absolute atomic E-state index is 0.0298. The first kappa shape index (κ1) is 13.6. The minimum atomic E-state index is -3.75. The molecule has 2 aromatic heterocycles. The van der Waals surface area contributed by atoms with Crippen LogP contribution in [0.3, 0.4) is 0 Å². The lowest BCUT2D eigenvalue weighted by atomic mass is 10.3. The van der Waals surface area contributed by atoms with E-state index < -0.39 is 16.1 Å². The minimum Gasteiger partial charge on any atom is -0.465 e. The fourth-order valence-electron chi connectivity index (χ4n) is 1.80. The molecule has 2 heterocycles. The molecule has 0 aliphatic heterocycles. The number of furan rings is 1. The summed E-state index contributed by atoms with van der Waals surface area (Å²) in [6, 6.07) is 3.02. The molecular weight excluding hydrogens is 268 g/mol. The van der Waals surface area contributed by atoms with E-state index in [1.54, 1.807) is 33.0 Å². The van der Waals surface area contributed by atoms with Gasteiger partial charge in [0.05, 0.1) is 12.4 Å². The average molecular weight is 284 g/mol. The van der Waals surface area contributed by atoms with Gasteiger partial charge in [0.15, 0.2) is 10.8 Å². The van der Waals surface area contributed by atoms with Crippen molar-refractivity contribution < 1.29 is 12.8 Å². The number of rotatable bonds is 4. The molecule has 0 aliphatic rings. The fourth-order valence-corrected chi connectivity index (χ4v) is 3.24. The fraction of sp³-hybridized carbons (Fsp3) is 0.364. The summed E-state index contributed by atoms with van der Waals surface area (Å²) >= 11 is 0. The standard InChI is InChI=1S/C11H16N4O3S/c1-7-4-5-9(18-7)8(2)14-19(16,17)11-10(12)13-6-15(11)3/h4-6,8,14H,12H2,1-3H3. The number of nitrogen functional groups attached to an aromatic ring is 1. The molecule has 0 fully saturated rings. The van der Waals surface area contributed by atoms with Gasteiger partial charge in [-0.05, 0) is 26.0 Å². The molecule has 0 spiro atoms. The molecule has 3 N–H and O–H groups in total. The number of nitrogens with zero attached hydrogens (tertiary/aromatic N) is 2. The molecule has 1 atom stereocenters. The van der Waals surface area contributed by atoms with Crippen LogP contribution in [0.25, 0.3) is 0 Å². The third kappa shape index (κ3) is 2.64. The molecule has 0 bridgehead atoms. The second-order valence-corrected chi connectivity index (χ2v) is 5.97. The number of sulfonamides is 1. The monoisotopic (exact) mass is 284 g/mol. The topological polar surface area (TPSA) is 103 Å². The van der Waals surface area contributed by atoms with Crippen molar-refractivity contribution >= 4 is 15.8 Å². The van der Waals surface area contributed by atoms with Crippen molar-refractivity contribution in [1.29, 1.82) is 0 Å². The van der Waals surface area contributed by atoms with Gasteiger partial charge in [0.1, 0.15) is 11.5 Å². The molecule has 8 heteroatoms. The lowest BCUT2D eigenvalue weighted by molar-refractivity contribution is 0.440. The summed E-state index contributed by atoms with van der Waals surface area (Å²) in [4.78, 5) is 3.76. The van der Waals surface area contributed by atoms with E-state index in [4.69, 9.17) is 10.2 Å². The largest absolute Gasteiger partial charge is 0.465 e. The third-order valence-corrected chi connectivity index (χ3v) is 4.35. The highest BCUT2D eigenvalue weighted by Crippen LogP contribution is 2.21. The number of anilines is 1. The zero-order valence-electron chi connectivity index (χ0n) is 10.9. The number of aromatic nitrogens is 2. The highest BCUT2D eigenvalue weighted by Gasteiger charge is 2.25. The van der Waals surface area contributed by atoms with E-state index in [1.807, 2.05) is 0 Å². The van der Waals surface area contributed by atoms with Crippen molar-refractivity contribution in [2.45, 2.75) is 24.9 Å². The van der Waals surface area contributed by atoms with Crippen LogP contribution in [-0.2, 0) is 17.1 Å². The quantitative estimate of drug-likeness (QED) is 0.869. The summed E-state index contributed by atoms with van der Waals surface area (Å²) in [5.41, 5.74) is 5.57. The number of nitrogens with one attached hydrogen (secondary N) is 1. The van der Waals surface area contributed by atoms with Gasteiger partial charge in [0.25, 0.3) is 10.0 Å². The molecule has 0 saturated carbocycles. The van der Waals surface area contributed by atoms with Crippen LogP contribution < -0.4 is 10.5 Å². The first-order valence-corrected chi connectivity index (χ1v) is 7.15. The van der Waals surface area contributed by atoms with Gasteiger partial charge in [-0.2, -0.15) is 4.72 Å². The molecular formula is C11H16N4O3S. The number of hydrogen-bond acceptors (Lipinski definition) is 5. The van der Waals surface area contributed by atoms with Crippen molar-refractivity contribution in [2.24, 2.45) is 7.05 Å². The van der Waals surface area contributed by atoms with Crippen LogP contribution in [0, 0.1) is 6.92 Å². The van der Waals surface area contributed by atoms with Crippen molar-refractivity contribution in [2.75, 3.05) is 5.73 Å². The highest BCUT2D eigenvalue weighted by molar-refractivity contribution is 7.89. The summed E-state index contributed by atoms with van der Waals surface area (Å²) < 4.78 is 33.7. The molecule has 104 valence electrons. The molecule has 0 aromatic carbocycles. The Bertz CT molecular complexity index is 667. The van der Waals surface area contributed by atoms with Gasteiger partial charge in [-0.15, -0.1) is 0 Å². The second-order valence-electron chi connectivity index (χ2n) is 4.34. The van der Waals surface area contributed by atoms with Gasteiger partial charge in [-0.3, -0.25) is 0 Å². The zero-order valence-corrected chi connectivity index (χ0v) is 11.7.